The maximum Gasteiger partial charge on any atom is 0.346 e. The van der Waals surface area contributed by atoms with Crippen molar-refractivity contribution in [3.63, 3.8) is 0 Å². The topological polar surface area (TPSA) is 128 Å². The molecule has 1 aromatic heterocycles. The fourth-order valence-corrected chi connectivity index (χ4v) is 1.62. The molecule has 0 aromatic carbocycles. The molecule has 5 N–H and O–H groups in total. The van der Waals surface area contributed by atoms with Crippen LogP contribution in [0.4, 0.5) is 5.82 Å². The van der Waals surface area contributed by atoms with Crippen LogP contribution < -0.4 is 11.0 Å². The summed E-state index contributed by atoms with van der Waals surface area (Å²) in [5.41, 5.74) is -0.540. The van der Waals surface area contributed by atoms with Gasteiger partial charge in [0.2, 0.25) is 0 Å². The highest BCUT2D eigenvalue weighted by atomic mass is 16.6. The fourth-order valence-electron chi connectivity index (χ4n) is 1.62. The smallest absolute Gasteiger partial charge is 0.346 e. The maximum absolute atomic E-state index is 10.9. The van der Waals surface area contributed by atoms with Gasteiger partial charge in [0.1, 0.15) is 24.1 Å². The predicted octanol–water partition coefficient (Wildman–Crippen LogP) is -2.38. The van der Waals surface area contributed by atoms with Crippen LogP contribution in [-0.2, 0) is 4.74 Å². The Bertz CT molecular complexity index is 437. The molecule has 1 aliphatic rings. The highest BCUT2D eigenvalue weighted by Gasteiger charge is 2.42. The first-order valence-corrected chi connectivity index (χ1v) is 5.06. The molecule has 8 nitrogen and oxygen atoms in total. The average molecular weight is 243 g/mol. The van der Waals surface area contributed by atoms with Crippen molar-refractivity contribution in [2.45, 2.75) is 24.5 Å². The van der Waals surface area contributed by atoms with Gasteiger partial charge in [0.15, 0.2) is 6.23 Å². The van der Waals surface area contributed by atoms with E-state index in [2.05, 4.69) is 15.3 Å². The van der Waals surface area contributed by atoms with Gasteiger partial charge < -0.3 is 25.4 Å². The summed E-state index contributed by atoms with van der Waals surface area (Å²) in [4.78, 5) is 16.8. The van der Waals surface area contributed by atoms with Crippen LogP contribution in [0, 0.1) is 0 Å². The maximum atomic E-state index is 10.9. The molecule has 1 aliphatic heterocycles. The van der Waals surface area contributed by atoms with Crippen molar-refractivity contribution < 1.29 is 20.1 Å². The number of nitrogens with one attached hydrogen (secondary N) is 2. The van der Waals surface area contributed by atoms with Crippen molar-refractivity contribution >= 4 is 5.82 Å². The van der Waals surface area contributed by atoms with Crippen molar-refractivity contribution in [2.24, 2.45) is 0 Å². The third kappa shape index (κ3) is 2.44. The molecule has 1 saturated heterocycles. The van der Waals surface area contributed by atoms with Gasteiger partial charge in [0.05, 0.1) is 6.61 Å². The molecule has 94 valence electrons. The van der Waals surface area contributed by atoms with Gasteiger partial charge in [-0.2, -0.15) is 0 Å². The second-order valence-corrected chi connectivity index (χ2v) is 3.69. The Morgan fingerprint density at radius 3 is 2.82 bits per heavy atom. The minimum absolute atomic E-state index is 0.305. The van der Waals surface area contributed by atoms with E-state index in [4.69, 9.17) is 9.84 Å². The lowest BCUT2D eigenvalue weighted by atomic mass is 10.1. The molecular weight excluding hydrogens is 230 g/mol. The summed E-state index contributed by atoms with van der Waals surface area (Å²) in [6.07, 6.45) is -2.83. The van der Waals surface area contributed by atoms with Gasteiger partial charge in [0, 0.05) is 6.20 Å². The van der Waals surface area contributed by atoms with Gasteiger partial charge in [-0.05, 0) is 6.07 Å². The Hall–Kier alpha value is -1.48. The van der Waals surface area contributed by atoms with E-state index in [1.807, 2.05) is 0 Å². The minimum atomic E-state index is -1.19. The number of aromatic nitrogens is 2. The summed E-state index contributed by atoms with van der Waals surface area (Å²) in [5, 5.41) is 30.7. The van der Waals surface area contributed by atoms with E-state index in [-0.39, 0.29) is 0 Å². The van der Waals surface area contributed by atoms with Gasteiger partial charge in [-0.15, -0.1) is 0 Å². The van der Waals surface area contributed by atoms with Crippen LogP contribution in [-0.4, -0.2) is 56.4 Å². The molecule has 0 unspecified atom stereocenters. The Morgan fingerprint density at radius 2 is 2.24 bits per heavy atom. The number of aliphatic hydroxyl groups excluding tert-OH is 3. The fraction of sp³-hybridized carbons (Fsp3) is 0.556. The zero-order chi connectivity index (χ0) is 12.4. The van der Waals surface area contributed by atoms with Crippen LogP contribution in [0.15, 0.2) is 17.1 Å². The zero-order valence-corrected chi connectivity index (χ0v) is 8.78. The summed E-state index contributed by atoms with van der Waals surface area (Å²) >= 11 is 0. The van der Waals surface area contributed by atoms with Gasteiger partial charge in [0.25, 0.3) is 0 Å². The second kappa shape index (κ2) is 4.80. The predicted molar refractivity (Wildman–Crippen MR) is 56.2 cm³/mol. The Labute approximate surface area is 95.9 Å². The molecule has 2 heterocycles. The lowest BCUT2D eigenvalue weighted by Crippen LogP contribution is -2.37. The van der Waals surface area contributed by atoms with Gasteiger partial charge in [-0.3, -0.25) is 4.98 Å². The molecule has 0 amide bonds. The Kier molecular flexibility index (Phi) is 3.38. The second-order valence-electron chi connectivity index (χ2n) is 3.69. The monoisotopic (exact) mass is 243 g/mol. The van der Waals surface area contributed by atoms with Crippen molar-refractivity contribution in [1.82, 2.24) is 9.97 Å². The first-order chi connectivity index (χ1) is 8.11. The van der Waals surface area contributed by atoms with Crippen LogP contribution in [0.2, 0.25) is 0 Å². The zero-order valence-electron chi connectivity index (χ0n) is 8.78. The van der Waals surface area contributed by atoms with Gasteiger partial charge >= 0.3 is 5.69 Å². The average Bonchev–Trinajstić information content (AvgIpc) is 2.57. The van der Waals surface area contributed by atoms with Gasteiger partial charge in [-0.25, -0.2) is 9.78 Å². The number of ether oxygens (including phenoxy) is 1. The molecule has 17 heavy (non-hydrogen) atoms. The van der Waals surface area contributed by atoms with Crippen LogP contribution in [0.25, 0.3) is 0 Å². The minimum Gasteiger partial charge on any atom is -0.394 e. The molecule has 0 radical (unpaired) electrons. The Balaban J connectivity index is 2.07. The third-order valence-electron chi connectivity index (χ3n) is 2.51. The van der Waals surface area contributed by atoms with E-state index in [1.165, 1.54) is 12.3 Å². The van der Waals surface area contributed by atoms with E-state index < -0.39 is 36.8 Å². The van der Waals surface area contributed by atoms with Gasteiger partial charge in [-0.1, -0.05) is 0 Å². The standard InChI is InChI=1S/C9H13N3O5/c13-3-4-6(14)7(15)8(17-4)11-5-1-2-10-9(16)12-5/h1-2,4,6-8,13-15H,3H2,(H2,10,11,12,16)/t4-,6-,7+,8-/m1/s1. The van der Waals surface area contributed by atoms with Crippen LogP contribution >= 0.6 is 0 Å². The number of aliphatic hydroxyl groups is 3. The van der Waals surface area contributed by atoms with Crippen molar-refractivity contribution in [3.8, 4) is 0 Å². The number of anilines is 1. The van der Waals surface area contributed by atoms with Crippen molar-refractivity contribution in [3.05, 3.63) is 22.7 Å². The molecule has 4 atom stereocenters. The van der Waals surface area contributed by atoms with Crippen molar-refractivity contribution in [2.75, 3.05) is 11.9 Å². The lowest BCUT2D eigenvalue weighted by molar-refractivity contribution is -0.0154. The third-order valence-corrected chi connectivity index (χ3v) is 2.51. The van der Waals surface area contributed by atoms with Crippen LogP contribution in [0.5, 0.6) is 0 Å². The number of H-pyrrole nitrogens is 1. The van der Waals surface area contributed by atoms with E-state index in [9.17, 15) is 15.0 Å². The molecule has 0 aliphatic carbocycles. The molecule has 8 heteroatoms. The quantitative estimate of drug-likeness (QED) is 0.401. The number of aromatic amines is 1. The molecule has 1 aromatic rings. The largest absolute Gasteiger partial charge is 0.394 e. The number of nitrogens with zero attached hydrogens (tertiary/aromatic N) is 1. The molecular formula is C9H13N3O5. The van der Waals surface area contributed by atoms with Crippen LogP contribution in [0.3, 0.4) is 0 Å². The first kappa shape index (κ1) is 12.0. The van der Waals surface area contributed by atoms with E-state index in [1.54, 1.807) is 0 Å². The highest BCUT2D eigenvalue weighted by molar-refractivity contribution is 5.33. The molecule has 0 spiro atoms. The molecule has 1 fully saturated rings. The first-order valence-electron chi connectivity index (χ1n) is 5.06. The molecule has 0 saturated carbocycles. The lowest BCUT2D eigenvalue weighted by Gasteiger charge is -2.16. The van der Waals surface area contributed by atoms with Crippen molar-refractivity contribution in [1.29, 1.82) is 0 Å². The highest BCUT2D eigenvalue weighted by Crippen LogP contribution is 2.21. The number of hydrogen-bond acceptors (Lipinski definition) is 7. The normalized spacial score (nSPS) is 32.6. The summed E-state index contributed by atoms with van der Waals surface area (Å²) in [7, 11) is 0. The number of hydrogen-bond donors (Lipinski definition) is 5. The number of rotatable bonds is 3. The summed E-state index contributed by atoms with van der Waals surface area (Å²) in [5.74, 6) is 0.305. The van der Waals surface area contributed by atoms with Crippen LogP contribution in [0.1, 0.15) is 0 Å². The Morgan fingerprint density at radius 1 is 1.47 bits per heavy atom. The summed E-state index contributed by atoms with van der Waals surface area (Å²) < 4.78 is 5.18. The van der Waals surface area contributed by atoms with E-state index in [0.29, 0.717) is 5.82 Å². The summed E-state index contributed by atoms with van der Waals surface area (Å²) in [6, 6.07) is 1.48. The molecule has 2 rings (SSSR count). The SMILES string of the molecule is O=c1nccc(N[C@@H]2O[C@H](CO)[C@@H](O)[C@@H]2O)[nH]1. The van der Waals surface area contributed by atoms with E-state index >= 15 is 0 Å². The van der Waals surface area contributed by atoms with E-state index in [0.717, 1.165) is 0 Å². The summed E-state index contributed by atoms with van der Waals surface area (Å²) in [6.45, 7) is -0.400. The molecule has 0 bridgehead atoms.